The van der Waals surface area contributed by atoms with E-state index in [4.69, 9.17) is 4.74 Å². The minimum absolute atomic E-state index is 0.0197. The monoisotopic (exact) mass is 394 g/mol. The maximum absolute atomic E-state index is 13.0. The van der Waals surface area contributed by atoms with Gasteiger partial charge in [-0.25, -0.2) is 8.42 Å². The van der Waals surface area contributed by atoms with Gasteiger partial charge in [0.25, 0.3) is 0 Å². The van der Waals surface area contributed by atoms with Gasteiger partial charge in [-0.15, -0.1) is 0 Å². The topological polar surface area (TPSA) is 92.8 Å². The Labute approximate surface area is 160 Å². The van der Waals surface area contributed by atoms with Crippen LogP contribution < -0.4 is 5.32 Å². The highest BCUT2D eigenvalue weighted by molar-refractivity contribution is 7.90. The molecule has 3 rings (SSSR count). The highest BCUT2D eigenvalue weighted by Crippen LogP contribution is 2.32. The Balaban J connectivity index is 1.84. The van der Waals surface area contributed by atoms with Crippen LogP contribution in [-0.2, 0) is 29.7 Å². The molecule has 2 amide bonds. The lowest BCUT2D eigenvalue weighted by Gasteiger charge is -2.34. The largest absolute Gasteiger partial charge is 0.379 e. The normalized spacial score (nSPS) is 24.2. The molecule has 0 spiro atoms. The maximum atomic E-state index is 13.0. The summed E-state index contributed by atoms with van der Waals surface area (Å²) in [5.74, 6) is -0.170. The van der Waals surface area contributed by atoms with E-state index in [1.54, 1.807) is 29.2 Å². The molecule has 2 atom stereocenters. The van der Waals surface area contributed by atoms with E-state index in [0.29, 0.717) is 39.0 Å². The molecule has 2 heterocycles. The second-order valence-electron chi connectivity index (χ2n) is 7.29. The van der Waals surface area contributed by atoms with Crippen LogP contribution in [0.2, 0.25) is 0 Å². The van der Waals surface area contributed by atoms with Crippen molar-refractivity contribution in [3.63, 3.8) is 0 Å². The van der Waals surface area contributed by atoms with Gasteiger partial charge in [0.1, 0.15) is 6.04 Å². The molecule has 1 aromatic carbocycles. The molecule has 148 valence electrons. The molecule has 2 aliphatic heterocycles. The van der Waals surface area contributed by atoms with Crippen LogP contribution in [-0.4, -0.2) is 57.2 Å². The fourth-order valence-electron chi connectivity index (χ4n) is 3.85. The van der Waals surface area contributed by atoms with Crippen LogP contribution in [0, 0.1) is 0 Å². The van der Waals surface area contributed by atoms with Crippen molar-refractivity contribution >= 4 is 21.7 Å². The lowest BCUT2D eigenvalue weighted by atomic mass is 9.88. The van der Waals surface area contributed by atoms with Crippen molar-refractivity contribution in [2.75, 3.05) is 26.0 Å². The van der Waals surface area contributed by atoms with E-state index in [2.05, 4.69) is 5.32 Å². The second kappa shape index (κ2) is 7.59. The van der Waals surface area contributed by atoms with E-state index < -0.39 is 21.4 Å². The molecule has 2 unspecified atom stereocenters. The molecule has 0 bridgehead atoms. The molecule has 0 radical (unpaired) electrons. The summed E-state index contributed by atoms with van der Waals surface area (Å²) in [4.78, 5) is 27.0. The molecular weight excluding hydrogens is 368 g/mol. The van der Waals surface area contributed by atoms with Gasteiger partial charge in [-0.2, -0.15) is 0 Å². The van der Waals surface area contributed by atoms with Gasteiger partial charge in [0.2, 0.25) is 11.8 Å². The number of ether oxygens (including phenoxy) is 1. The number of amides is 2. The second-order valence-corrected chi connectivity index (χ2v) is 9.30. The summed E-state index contributed by atoms with van der Waals surface area (Å²) in [7, 11) is -3.28. The molecule has 0 aromatic heterocycles. The average Bonchev–Trinajstić information content (AvgIpc) is 3.26. The van der Waals surface area contributed by atoms with Crippen molar-refractivity contribution in [1.29, 1.82) is 0 Å². The average molecular weight is 394 g/mol. The van der Waals surface area contributed by atoms with Crippen molar-refractivity contribution < 1.29 is 22.7 Å². The number of sulfone groups is 1. The van der Waals surface area contributed by atoms with Gasteiger partial charge in [0, 0.05) is 32.2 Å². The van der Waals surface area contributed by atoms with Crippen molar-refractivity contribution in [3.8, 4) is 0 Å². The molecular formula is C19H26N2O5S. The number of hydrogen-bond donors (Lipinski definition) is 1. The minimum Gasteiger partial charge on any atom is -0.379 e. The predicted molar refractivity (Wildman–Crippen MR) is 99.8 cm³/mol. The molecule has 1 N–H and O–H groups in total. The molecule has 8 heteroatoms. The number of hydrogen-bond acceptors (Lipinski definition) is 5. The molecule has 0 aliphatic carbocycles. The predicted octanol–water partition coefficient (Wildman–Crippen LogP) is 1.22. The summed E-state index contributed by atoms with van der Waals surface area (Å²) >= 11 is 0. The maximum Gasteiger partial charge on any atom is 0.243 e. The Kier molecular flexibility index (Phi) is 5.58. The minimum atomic E-state index is -3.28. The fraction of sp³-hybridized carbons (Fsp3) is 0.579. The number of benzene rings is 1. The Morgan fingerprint density at radius 1 is 1.33 bits per heavy atom. The quantitative estimate of drug-likeness (QED) is 0.783. The molecule has 2 aliphatic rings. The zero-order valence-corrected chi connectivity index (χ0v) is 16.5. The molecule has 1 aromatic rings. The van der Waals surface area contributed by atoms with Crippen LogP contribution in [0.4, 0.5) is 0 Å². The first kappa shape index (κ1) is 19.8. The van der Waals surface area contributed by atoms with Gasteiger partial charge in [0.15, 0.2) is 9.84 Å². The Morgan fingerprint density at radius 2 is 2.04 bits per heavy atom. The third-order valence-electron chi connectivity index (χ3n) is 5.39. The van der Waals surface area contributed by atoms with Crippen LogP contribution >= 0.6 is 0 Å². The van der Waals surface area contributed by atoms with Crippen LogP contribution in [0.15, 0.2) is 29.2 Å². The number of nitrogens with zero attached hydrogens (tertiary/aromatic N) is 1. The SMILES string of the molecule is CCC(C(=O)NC1(c2ccc(S(C)(=O)=O)cc2)CCOC1)N1CCCC1=O. The van der Waals surface area contributed by atoms with Crippen LogP contribution in [0.1, 0.15) is 38.2 Å². The van der Waals surface area contributed by atoms with Crippen LogP contribution in [0.25, 0.3) is 0 Å². The van der Waals surface area contributed by atoms with E-state index >= 15 is 0 Å². The van der Waals surface area contributed by atoms with Gasteiger partial charge >= 0.3 is 0 Å². The first-order chi connectivity index (χ1) is 12.8. The first-order valence-corrected chi connectivity index (χ1v) is 11.2. The lowest BCUT2D eigenvalue weighted by molar-refractivity contribution is -0.138. The highest BCUT2D eigenvalue weighted by atomic mass is 32.2. The summed E-state index contributed by atoms with van der Waals surface area (Å²) in [5.41, 5.74) is 0.104. The molecule has 0 saturated carbocycles. The molecule has 2 fully saturated rings. The molecule has 7 nitrogen and oxygen atoms in total. The number of carbonyl (C=O) groups is 2. The number of likely N-dealkylation sites (tertiary alicyclic amines) is 1. The van der Waals surface area contributed by atoms with E-state index in [1.165, 1.54) is 0 Å². The van der Waals surface area contributed by atoms with Gasteiger partial charge in [0.05, 0.1) is 17.0 Å². The Hall–Kier alpha value is -1.93. The molecule has 27 heavy (non-hydrogen) atoms. The smallest absolute Gasteiger partial charge is 0.243 e. The summed E-state index contributed by atoms with van der Waals surface area (Å²) in [5, 5.41) is 3.11. The van der Waals surface area contributed by atoms with E-state index in [0.717, 1.165) is 18.2 Å². The van der Waals surface area contributed by atoms with Crippen LogP contribution in [0.3, 0.4) is 0 Å². The van der Waals surface area contributed by atoms with Crippen molar-refractivity contribution in [2.45, 2.75) is 49.1 Å². The standard InChI is InChI=1S/C19H26N2O5S/c1-3-16(21-11-4-5-17(21)22)18(23)20-19(10-12-26-13-19)14-6-8-15(9-7-14)27(2,24)25/h6-9,16H,3-5,10-13H2,1-2H3,(H,20,23). The zero-order valence-electron chi connectivity index (χ0n) is 15.7. The first-order valence-electron chi connectivity index (χ1n) is 9.27. The Bertz CT molecular complexity index is 813. The van der Waals surface area contributed by atoms with Crippen LogP contribution in [0.5, 0.6) is 0 Å². The third-order valence-corrected chi connectivity index (χ3v) is 6.52. The van der Waals surface area contributed by atoms with E-state index in [-0.39, 0.29) is 16.7 Å². The summed E-state index contributed by atoms with van der Waals surface area (Å²) in [6.07, 6.45) is 3.58. The third kappa shape index (κ3) is 4.01. The summed E-state index contributed by atoms with van der Waals surface area (Å²) in [6.45, 7) is 3.33. The molecule has 2 saturated heterocycles. The van der Waals surface area contributed by atoms with Gasteiger partial charge < -0.3 is 15.0 Å². The van der Waals surface area contributed by atoms with Gasteiger partial charge in [-0.1, -0.05) is 19.1 Å². The number of rotatable bonds is 6. The summed E-state index contributed by atoms with van der Waals surface area (Å²) in [6, 6.07) is 6.07. The van der Waals surface area contributed by atoms with Crippen molar-refractivity contribution in [2.24, 2.45) is 0 Å². The Morgan fingerprint density at radius 3 is 2.52 bits per heavy atom. The highest BCUT2D eigenvalue weighted by Gasteiger charge is 2.41. The van der Waals surface area contributed by atoms with Gasteiger partial charge in [-0.3, -0.25) is 9.59 Å². The van der Waals surface area contributed by atoms with E-state index in [9.17, 15) is 18.0 Å². The summed E-state index contributed by atoms with van der Waals surface area (Å²) < 4.78 is 29.0. The van der Waals surface area contributed by atoms with E-state index in [1.807, 2.05) is 6.92 Å². The van der Waals surface area contributed by atoms with Crippen molar-refractivity contribution in [1.82, 2.24) is 10.2 Å². The number of nitrogens with one attached hydrogen (secondary N) is 1. The van der Waals surface area contributed by atoms with Crippen molar-refractivity contribution in [3.05, 3.63) is 29.8 Å². The van der Waals surface area contributed by atoms with Gasteiger partial charge in [-0.05, 0) is 30.5 Å². The zero-order chi connectivity index (χ0) is 19.7. The fourth-order valence-corrected chi connectivity index (χ4v) is 4.48. The lowest BCUT2D eigenvalue weighted by Crippen LogP contribution is -2.54. The number of carbonyl (C=O) groups excluding carboxylic acids is 2.